The molecule has 0 radical (unpaired) electrons. The predicted octanol–water partition coefficient (Wildman–Crippen LogP) is 3.30. The van der Waals surface area contributed by atoms with E-state index in [2.05, 4.69) is 15.6 Å². The molecule has 6 heteroatoms. The number of nitrogens with one attached hydrogen (secondary N) is 2. The Balaban J connectivity index is 1.98. The van der Waals surface area contributed by atoms with Gasteiger partial charge in [0.2, 0.25) is 11.8 Å². The van der Waals surface area contributed by atoms with Gasteiger partial charge in [0.05, 0.1) is 5.69 Å². The van der Waals surface area contributed by atoms with E-state index in [1.807, 2.05) is 35.7 Å². The second kappa shape index (κ2) is 6.91. The average Bonchev–Trinajstić information content (AvgIpc) is 2.95. The molecule has 0 spiro atoms. The summed E-state index contributed by atoms with van der Waals surface area (Å²) in [5.41, 5.74) is 1.28. The van der Waals surface area contributed by atoms with Crippen LogP contribution in [0.2, 0.25) is 0 Å². The Hall–Kier alpha value is -2.21. The standard InChI is InChI=1S/C17H21N3O2S/c1-11(18-15(22)17(2,3)4)14(21)20-16-19-13(10-23-16)12-8-6-5-7-9-12/h5-11H,1-4H3,(H,18,22)(H,19,20,21). The van der Waals surface area contributed by atoms with Gasteiger partial charge in [0.25, 0.3) is 0 Å². The van der Waals surface area contributed by atoms with Gasteiger partial charge in [-0.2, -0.15) is 0 Å². The molecule has 1 atom stereocenters. The number of carbonyl (C=O) groups excluding carboxylic acids is 2. The van der Waals surface area contributed by atoms with Gasteiger partial charge in [0.1, 0.15) is 6.04 Å². The molecule has 1 heterocycles. The van der Waals surface area contributed by atoms with E-state index in [1.54, 1.807) is 27.7 Å². The van der Waals surface area contributed by atoms with Crippen LogP contribution < -0.4 is 10.6 Å². The van der Waals surface area contributed by atoms with E-state index in [-0.39, 0.29) is 11.8 Å². The third kappa shape index (κ3) is 4.63. The molecule has 1 unspecified atom stereocenters. The molecule has 0 aliphatic rings. The average molecular weight is 331 g/mol. The van der Waals surface area contributed by atoms with Gasteiger partial charge >= 0.3 is 0 Å². The van der Waals surface area contributed by atoms with Gasteiger partial charge in [-0.15, -0.1) is 11.3 Å². The number of benzene rings is 1. The number of thiazole rings is 1. The lowest BCUT2D eigenvalue weighted by molar-refractivity contribution is -0.131. The highest BCUT2D eigenvalue weighted by Crippen LogP contribution is 2.24. The topological polar surface area (TPSA) is 71.1 Å². The lowest BCUT2D eigenvalue weighted by Crippen LogP contribution is -2.46. The molecule has 2 aromatic rings. The first-order valence-corrected chi connectivity index (χ1v) is 8.28. The molecule has 23 heavy (non-hydrogen) atoms. The number of hydrogen-bond donors (Lipinski definition) is 2. The SMILES string of the molecule is CC(NC(=O)C(C)(C)C)C(=O)Nc1nc(-c2ccccc2)cs1. The van der Waals surface area contributed by atoms with Crippen molar-refractivity contribution in [3.8, 4) is 11.3 Å². The van der Waals surface area contributed by atoms with E-state index in [0.29, 0.717) is 5.13 Å². The van der Waals surface area contributed by atoms with Crippen molar-refractivity contribution in [3.05, 3.63) is 35.7 Å². The predicted molar refractivity (Wildman–Crippen MR) is 93.2 cm³/mol. The zero-order valence-electron chi connectivity index (χ0n) is 13.7. The number of anilines is 1. The van der Waals surface area contributed by atoms with Crippen molar-refractivity contribution >= 4 is 28.3 Å². The summed E-state index contributed by atoms with van der Waals surface area (Å²) in [6.45, 7) is 7.07. The maximum absolute atomic E-state index is 12.2. The van der Waals surface area contributed by atoms with Crippen molar-refractivity contribution in [2.45, 2.75) is 33.7 Å². The molecule has 2 rings (SSSR count). The Morgan fingerprint density at radius 1 is 1.17 bits per heavy atom. The zero-order valence-corrected chi connectivity index (χ0v) is 14.5. The minimum atomic E-state index is -0.620. The fourth-order valence-electron chi connectivity index (χ4n) is 1.76. The van der Waals surface area contributed by atoms with Crippen LogP contribution in [0.3, 0.4) is 0 Å². The molecule has 0 saturated heterocycles. The molecule has 0 bridgehead atoms. The first-order chi connectivity index (χ1) is 10.8. The van der Waals surface area contributed by atoms with Crippen LogP contribution in [0.1, 0.15) is 27.7 Å². The summed E-state index contributed by atoms with van der Waals surface area (Å²) in [5, 5.41) is 7.86. The fraction of sp³-hybridized carbons (Fsp3) is 0.353. The van der Waals surface area contributed by atoms with Gasteiger partial charge in [-0.25, -0.2) is 4.98 Å². The first-order valence-electron chi connectivity index (χ1n) is 7.40. The molecule has 0 aliphatic carbocycles. The Kier molecular flexibility index (Phi) is 5.15. The van der Waals surface area contributed by atoms with Crippen LogP contribution in [-0.4, -0.2) is 22.8 Å². The molecule has 122 valence electrons. The number of rotatable bonds is 4. The number of amides is 2. The summed E-state index contributed by atoms with van der Waals surface area (Å²) in [6, 6.07) is 9.14. The van der Waals surface area contributed by atoms with E-state index in [9.17, 15) is 9.59 Å². The van der Waals surface area contributed by atoms with Gasteiger partial charge in [0, 0.05) is 16.4 Å². The molecular weight excluding hydrogens is 310 g/mol. The normalized spacial score (nSPS) is 12.5. The highest BCUT2D eigenvalue weighted by Gasteiger charge is 2.25. The molecule has 5 nitrogen and oxygen atoms in total. The third-order valence-electron chi connectivity index (χ3n) is 3.23. The van der Waals surface area contributed by atoms with Crippen LogP contribution in [0.15, 0.2) is 35.7 Å². The number of carbonyl (C=O) groups is 2. The first kappa shape index (κ1) is 17.1. The van der Waals surface area contributed by atoms with E-state index >= 15 is 0 Å². The molecule has 2 N–H and O–H groups in total. The minimum absolute atomic E-state index is 0.163. The molecule has 1 aromatic carbocycles. The quantitative estimate of drug-likeness (QED) is 0.903. The van der Waals surface area contributed by atoms with E-state index in [4.69, 9.17) is 0 Å². The fourth-order valence-corrected chi connectivity index (χ4v) is 2.49. The Bertz CT molecular complexity index is 689. The van der Waals surface area contributed by atoms with Crippen LogP contribution in [0.5, 0.6) is 0 Å². The van der Waals surface area contributed by atoms with Crippen LogP contribution in [-0.2, 0) is 9.59 Å². The molecule has 1 aromatic heterocycles. The molecule has 0 fully saturated rings. The molecule has 2 amide bonds. The highest BCUT2D eigenvalue weighted by molar-refractivity contribution is 7.14. The number of aromatic nitrogens is 1. The number of hydrogen-bond acceptors (Lipinski definition) is 4. The van der Waals surface area contributed by atoms with E-state index in [0.717, 1.165) is 11.3 Å². The summed E-state index contributed by atoms with van der Waals surface area (Å²) < 4.78 is 0. The summed E-state index contributed by atoms with van der Waals surface area (Å²) in [7, 11) is 0. The minimum Gasteiger partial charge on any atom is -0.344 e. The second-order valence-corrected chi connectivity index (χ2v) is 7.20. The van der Waals surface area contributed by atoms with Crippen molar-refractivity contribution in [2.24, 2.45) is 5.41 Å². The summed E-state index contributed by atoms with van der Waals surface area (Å²) in [5.74, 6) is -0.444. The third-order valence-corrected chi connectivity index (χ3v) is 3.98. The second-order valence-electron chi connectivity index (χ2n) is 6.34. The van der Waals surface area contributed by atoms with Gasteiger partial charge in [-0.05, 0) is 6.92 Å². The monoisotopic (exact) mass is 331 g/mol. The Morgan fingerprint density at radius 3 is 2.43 bits per heavy atom. The summed E-state index contributed by atoms with van der Waals surface area (Å²) >= 11 is 1.36. The van der Waals surface area contributed by atoms with Crippen LogP contribution in [0.25, 0.3) is 11.3 Å². The van der Waals surface area contributed by atoms with Crippen molar-refractivity contribution in [3.63, 3.8) is 0 Å². The van der Waals surface area contributed by atoms with E-state index < -0.39 is 11.5 Å². The van der Waals surface area contributed by atoms with Crippen LogP contribution >= 0.6 is 11.3 Å². The van der Waals surface area contributed by atoms with Crippen molar-refractivity contribution < 1.29 is 9.59 Å². The summed E-state index contributed by atoms with van der Waals surface area (Å²) in [6.07, 6.45) is 0. The maximum Gasteiger partial charge on any atom is 0.248 e. The van der Waals surface area contributed by atoms with Gasteiger partial charge in [0.15, 0.2) is 5.13 Å². The molecular formula is C17H21N3O2S. The zero-order chi connectivity index (χ0) is 17.0. The van der Waals surface area contributed by atoms with Crippen LogP contribution in [0, 0.1) is 5.41 Å². The lowest BCUT2D eigenvalue weighted by Gasteiger charge is -2.21. The Morgan fingerprint density at radius 2 is 1.83 bits per heavy atom. The van der Waals surface area contributed by atoms with Crippen molar-refractivity contribution in [2.75, 3.05) is 5.32 Å². The van der Waals surface area contributed by atoms with Gasteiger partial charge in [-0.1, -0.05) is 51.1 Å². The highest BCUT2D eigenvalue weighted by atomic mass is 32.1. The van der Waals surface area contributed by atoms with Crippen molar-refractivity contribution in [1.29, 1.82) is 0 Å². The van der Waals surface area contributed by atoms with E-state index in [1.165, 1.54) is 11.3 Å². The largest absolute Gasteiger partial charge is 0.344 e. The van der Waals surface area contributed by atoms with Gasteiger partial charge in [-0.3, -0.25) is 9.59 Å². The lowest BCUT2D eigenvalue weighted by atomic mass is 9.95. The smallest absolute Gasteiger partial charge is 0.248 e. The van der Waals surface area contributed by atoms with Crippen LogP contribution in [0.4, 0.5) is 5.13 Å². The maximum atomic E-state index is 12.2. The summed E-state index contributed by atoms with van der Waals surface area (Å²) in [4.78, 5) is 28.5. The van der Waals surface area contributed by atoms with Crippen molar-refractivity contribution in [1.82, 2.24) is 10.3 Å². The Labute approximate surface area is 140 Å². The number of nitrogens with zero attached hydrogens (tertiary/aromatic N) is 1. The molecule has 0 aliphatic heterocycles. The van der Waals surface area contributed by atoms with Gasteiger partial charge < -0.3 is 10.6 Å². The molecule has 0 saturated carbocycles.